The largest absolute Gasteiger partial charge is 0.504 e. The Bertz CT molecular complexity index is 2310. The SMILES string of the molecule is C#C/C=C1\C#CC2=CC=CC2(O[C@@H]2OC(C)(C)[C@@H](N(C)C)[C@@H](O)[C@H]2O)[C@@H](C)Oc2c(O)cc(cc2Cl)[C@@H](N)CC(=O)OC[C@@H]1OC(=O)c1cc(OC)cc2c1NC(=O)C(=C)O2. The number of phenols is 1. The monoisotopic (exact) mass is 859 g/mol. The first-order valence-electron chi connectivity index (χ1n) is 19.0. The van der Waals surface area contributed by atoms with Crippen molar-refractivity contribution < 1.29 is 62.9 Å². The van der Waals surface area contributed by atoms with Crippen LogP contribution in [0.15, 0.2) is 72.1 Å². The average Bonchev–Trinajstić information content (AvgIpc) is 3.60. The van der Waals surface area contributed by atoms with Gasteiger partial charge in [-0.3, -0.25) is 9.59 Å². The Morgan fingerprint density at radius 3 is 2.59 bits per heavy atom. The smallest absolute Gasteiger partial charge is 0.341 e. The van der Waals surface area contributed by atoms with E-state index in [1.165, 1.54) is 37.5 Å². The van der Waals surface area contributed by atoms with Crippen LogP contribution in [0.3, 0.4) is 0 Å². The maximum absolute atomic E-state index is 14.1. The number of nitrogens with one attached hydrogen (secondary N) is 1. The zero-order valence-electron chi connectivity index (χ0n) is 34.2. The number of rotatable bonds is 6. The third kappa shape index (κ3) is 8.98. The normalized spacial score (nSPS) is 29.0. The van der Waals surface area contributed by atoms with Crippen LogP contribution in [-0.4, -0.2) is 114 Å². The lowest BCUT2D eigenvalue weighted by molar-refractivity contribution is -0.330. The second-order valence-corrected chi connectivity index (χ2v) is 15.8. The van der Waals surface area contributed by atoms with E-state index in [0.29, 0.717) is 0 Å². The zero-order chi connectivity index (χ0) is 44.6. The quantitative estimate of drug-likeness (QED) is 0.160. The Hall–Kier alpha value is -5.82. The molecular weight excluding hydrogens is 814 g/mol. The minimum atomic E-state index is -1.72. The molecule has 5 aliphatic rings. The van der Waals surface area contributed by atoms with Crippen molar-refractivity contribution in [2.75, 3.05) is 33.1 Å². The van der Waals surface area contributed by atoms with Gasteiger partial charge in [0.1, 0.15) is 30.7 Å². The molecule has 1 unspecified atom stereocenters. The van der Waals surface area contributed by atoms with Crippen molar-refractivity contribution in [2.24, 2.45) is 5.73 Å². The Kier molecular flexibility index (Phi) is 12.9. The Labute approximate surface area is 357 Å². The fraction of sp³-hybridized carbons (Fsp3) is 0.386. The van der Waals surface area contributed by atoms with E-state index in [2.05, 4.69) is 29.7 Å². The number of ether oxygens (including phenoxy) is 7. The van der Waals surface area contributed by atoms with Crippen molar-refractivity contribution in [1.29, 1.82) is 0 Å². The van der Waals surface area contributed by atoms with Crippen molar-refractivity contribution >= 4 is 35.1 Å². The van der Waals surface area contributed by atoms with Gasteiger partial charge in [0.15, 0.2) is 41.0 Å². The van der Waals surface area contributed by atoms with Gasteiger partial charge in [0.2, 0.25) is 0 Å². The molecule has 0 spiro atoms. The highest BCUT2D eigenvalue weighted by molar-refractivity contribution is 6.32. The summed E-state index contributed by atoms with van der Waals surface area (Å²) in [6, 6.07) is 3.79. The summed E-state index contributed by atoms with van der Waals surface area (Å²) in [6.45, 7) is 8.06. The van der Waals surface area contributed by atoms with Gasteiger partial charge in [0.05, 0.1) is 47.0 Å². The number of hydrogen-bond donors (Lipinski definition) is 5. The second kappa shape index (κ2) is 17.6. The fourth-order valence-electron chi connectivity index (χ4n) is 7.59. The zero-order valence-corrected chi connectivity index (χ0v) is 34.9. The van der Waals surface area contributed by atoms with E-state index in [9.17, 15) is 29.7 Å². The van der Waals surface area contributed by atoms with E-state index in [-0.39, 0.29) is 56.0 Å². The molecule has 7 rings (SSSR count). The van der Waals surface area contributed by atoms with Gasteiger partial charge >= 0.3 is 11.9 Å². The molecule has 8 atom stereocenters. The molecule has 2 bridgehead atoms. The van der Waals surface area contributed by atoms with Gasteiger partial charge in [-0.15, -0.1) is 6.42 Å². The predicted octanol–water partition coefficient (Wildman–Crippen LogP) is 3.44. The summed E-state index contributed by atoms with van der Waals surface area (Å²) in [5.74, 6) is 5.24. The number of nitrogens with two attached hydrogens (primary N) is 1. The second-order valence-electron chi connectivity index (χ2n) is 15.4. The van der Waals surface area contributed by atoms with Crippen LogP contribution in [-0.2, 0) is 28.5 Å². The number of esters is 2. The number of nitrogens with zero attached hydrogens (tertiary/aromatic N) is 1. The first-order valence-corrected chi connectivity index (χ1v) is 19.4. The van der Waals surface area contributed by atoms with Crippen LogP contribution in [0.25, 0.3) is 0 Å². The average molecular weight is 860 g/mol. The van der Waals surface area contributed by atoms with E-state index in [1.807, 2.05) is 0 Å². The number of terminal acetylenes is 1. The lowest BCUT2D eigenvalue weighted by Crippen LogP contribution is -2.68. The number of fused-ring (bicyclic) bond motifs is 11. The third-order valence-electron chi connectivity index (χ3n) is 10.6. The van der Waals surface area contributed by atoms with Crippen LogP contribution in [0.1, 0.15) is 49.2 Å². The van der Waals surface area contributed by atoms with E-state index in [1.54, 1.807) is 58.0 Å². The van der Waals surface area contributed by atoms with Crippen molar-refractivity contribution in [3.63, 3.8) is 0 Å². The molecule has 4 heterocycles. The summed E-state index contributed by atoms with van der Waals surface area (Å²) in [5.41, 5.74) is 3.82. The molecule has 1 aliphatic carbocycles. The number of halogens is 1. The third-order valence-corrected chi connectivity index (χ3v) is 10.8. The number of amides is 1. The van der Waals surface area contributed by atoms with Crippen LogP contribution in [0.4, 0.5) is 5.69 Å². The number of phenolic OH excluding ortho intramolecular Hbond substituents is 1. The number of allylic oxidation sites excluding steroid dienone is 3. The molecule has 0 aromatic heterocycles. The first kappa shape index (κ1) is 44.7. The molecule has 4 aliphatic heterocycles. The van der Waals surface area contributed by atoms with Gasteiger partial charge in [0, 0.05) is 23.8 Å². The number of anilines is 1. The number of hydrogen-bond acceptors (Lipinski definition) is 15. The highest BCUT2D eigenvalue weighted by atomic mass is 35.5. The van der Waals surface area contributed by atoms with Crippen LogP contribution in [0.5, 0.6) is 23.0 Å². The number of carbonyl (C=O) groups is 3. The number of likely N-dealkylation sites (N-methyl/N-ethyl adjacent to an activating group) is 1. The van der Waals surface area contributed by atoms with Crippen LogP contribution in [0, 0.1) is 24.2 Å². The molecule has 2 aromatic rings. The number of aliphatic hydroxyl groups is 2. The van der Waals surface area contributed by atoms with Gasteiger partial charge in [-0.25, -0.2) is 4.79 Å². The molecular formula is C44H46ClN3O13. The maximum atomic E-state index is 14.1. The van der Waals surface area contributed by atoms with Gasteiger partial charge in [-0.05, 0) is 70.8 Å². The van der Waals surface area contributed by atoms with Gasteiger partial charge in [-0.1, -0.05) is 42.0 Å². The summed E-state index contributed by atoms with van der Waals surface area (Å²) >= 11 is 6.67. The van der Waals surface area contributed by atoms with E-state index in [0.717, 1.165) is 0 Å². The molecule has 61 heavy (non-hydrogen) atoms. The molecule has 16 nitrogen and oxygen atoms in total. The minimum Gasteiger partial charge on any atom is -0.504 e. The van der Waals surface area contributed by atoms with Gasteiger partial charge in [-0.2, -0.15) is 0 Å². The standard InChI is InChI=1S/C44H46ClN3O13/c1-9-11-24-13-14-26-12-10-15-44(26,61-42-37(52)36(51)39(48(6)7)43(4,5)60-42)23(3)58-38-29(45)16-25(17-31(38)49)30(46)20-34(50)56-21-33(24)59-41(54)28-18-27(55-8)19-32-35(28)47-40(53)22(2)57-32/h1,10-12,15-19,23,30,33,36-37,39,42,49,51-52H,2,20-21,46H2,3-8H3,(H,47,53)/b24-11+/t23-,30+,33+,36+,37-,39+,42+,44?/m1/s1. The number of methoxy groups -OCH3 is 1. The molecule has 1 amide bonds. The van der Waals surface area contributed by atoms with Gasteiger partial charge < -0.3 is 64.4 Å². The first-order chi connectivity index (χ1) is 28.8. The van der Waals surface area contributed by atoms with Crippen LogP contribution >= 0.6 is 11.6 Å². The van der Waals surface area contributed by atoms with E-state index in [4.69, 9.17) is 56.9 Å². The number of aromatic hydroxyl groups is 1. The summed E-state index contributed by atoms with van der Waals surface area (Å²) in [5, 5.41) is 36.5. The maximum Gasteiger partial charge on any atom is 0.341 e. The van der Waals surface area contributed by atoms with Crippen LogP contribution < -0.4 is 25.3 Å². The summed E-state index contributed by atoms with van der Waals surface area (Å²) in [4.78, 5) is 41.6. The number of benzene rings is 2. The van der Waals surface area contributed by atoms with Crippen molar-refractivity contribution in [2.45, 2.75) is 81.2 Å². The van der Waals surface area contributed by atoms with Crippen molar-refractivity contribution in [3.8, 4) is 47.2 Å². The Morgan fingerprint density at radius 1 is 1.18 bits per heavy atom. The van der Waals surface area contributed by atoms with Gasteiger partial charge in [0.25, 0.3) is 5.91 Å². The fourth-order valence-corrected chi connectivity index (χ4v) is 7.86. The molecule has 1 saturated heterocycles. The molecule has 0 saturated carbocycles. The van der Waals surface area contributed by atoms with E-state index >= 15 is 0 Å². The Morgan fingerprint density at radius 2 is 1.92 bits per heavy atom. The molecule has 322 valence electrons. The molecule has 2 aromatic carbocycles. The lowest BCUT2D eigenvalue weighted by atomic mass is 9.85. The number of aliphatic hydroxyl groups excluding tert-OH is 2. The topological polar surface area (TPSA) is 218 Å². The predicted molar refractivity (Wildman–Crippen MR) is 220 cm³/mol. The minimum absolute atomic E-state index is 0.0230. The van der Waals surface area contributed by atoms with Crippen molar-refractivity contribution in [1.82, 2.24) is 4.90 Å². The number of carbonyl (C=O) groups excluding carboxylic acids is 3. The molecule has 6 N–H and O–H groups in total. The van der Waals surface area contributed by atoms with Crippen molar-refractivity contribution in [3.05, 3.63) is 88.2 Å². The molecule has 1 fully saturated rings. The lowest BCUT2D eigenvalue weighted by Gasteiger charge is -2.51. The molecule has 0 radical (unpaired) electrons. The van der Waals surface area contributed by atoms with E-state index < -0.39 is 90.6 Å². The Balaban J connectivity index is 1.45. The summed E-state index contributed by atoms with van der Waals surface area (Å²) in [6.07, 6.45) is 4.43. The van der Waals surface area contributed by atoms with Crippen LogP contribution in [0.2, 0.25) is 5.02 Å². The summed E-state index contributed by atoms with van der Waals surface area (Å²) < 4.78 is 41.8. The molecule has 17 heteroatoms. The summed E-state index contributed by atoms with van der Waals surface area (Å²) in [7, 11) is 4.86. The highest BCUT2D eigenvalue weighted by Gasteiger charge is 2.54. The highest BCUT2D eigenvalue weighted by Crippen LogP contribution is 2.44.